The van der Waals surface area contributed by atoms with Crippen molar-refractivity contribution in [3.63, 3.8) is 0 Å². The molecule has 2 N–H and O–H groups in total. The minimum atomic E-state index is -0.233. The molecular weight excluding hydrogens is 518 g/mol. The molecule has 0 aliphatic carbocycles. The van der Waals surface area contributed by atoms with Gasteiger partial charge in [-0.25, -0.2) is 4.98 Å². The molecule has 10 nitrogen and oxygen atoms in total. The maximum absolute atomic E-state index is 12.7. The third-order valence-corrected chi connectivity index (χ3v) is 5.36. The predicted molar refractivity (Wildman–Crippen MR) is 137 cm³/mol. The fraction of sp³-hybridized carbons (Fsp3) is 0.292. The zero-order valence-corrected chi connectivity index (χ0v) is 21.8. The van der Waals surface area contributed by atoms with Gasteiger partial charge >= 0.3 is 0 Å². The van der Waals surface area contributed by atoms with Crippen molar-refractivity contribution in [3.8, 4) is 28.9 Å². The number of halogens is 1. The summed E-state index contributed by atoms with van der Waals surface area (Å²) in [5.74, 6) is 2.08. The molecule has 1 aromatic heterocycles. The van der Waals surface area contributed by atoms with Gasteiger partial charge in [0.05, 0.1) is 37.6 Å². The van der Waals surface area contributed by atoms with Crippen molar-refractivity contribution in [3.05, 3.63) is 52.6 Å². The monoisotopic (exact) mass is 545 g/mol. The molecule has 0 aliphatic heterocycles. The van der Waals surface area contributed by atoms with E-state index < -0.39 is 0 Å². The standard InChI is InChI=1S/C24H28BrN5O5/c1-30(2)11-10-26-22(31)16-8-6-7-9-18(16)35-23-17(25)14-27-24(29-23)28-15-12-19(32-3)21(34-5)20(13-15)33-4/h6-9,12-14H,10-11H2,1-5H3,(H,26,31)(H,27,28,29). The predicted octanol–water partition coefficient (Wildman–Crippen LogP) is 4.09. The highest BCUT2D eigenvalue weighted by molar-refractivity contribution is 9.10. The number of likely N-dealkylation sites (N-methyl/N-ethyl adjacent to an activating group) is 1. The summed E-state index contributed by atoms with van der Waals surface area (Å²) in [7, 11) is 8.50. The molecule has 0 saturated heterocycles. The van der Waals surface area contributed by atoms with Gasteiger partial charge in [-0.1, -0.05) is 12.1 Å². The van der Waals surface area contributed by atoms with Crippen LogP contribution in [0.1, 0.15) is 10.4 Å². The molecule has 0 saturated carbocycles. The first-order valence-corrected chi connectivity index (χ1v) is 11.4. The molecule has 3 rings (SSSR count). The van der Waals surface area contributed by atoms with Crippen LogP contribution in [0.25, 0.3) is 0 Å². The lowest BCUT2D eigenvalue weighted by Gasteiger charge is -2.15. The van der Waals surface area contributed by atoms with E-state index in [0.717, 1.165) is 6.54 Å². The molecule has 0 radical (unpaired) electrons. The van der Waals surface area contributed by atoms with Crippen LogP contribution in [-0.4, -0.2) is 69.3 Å². The van der Waals surface area contributed by atoms with E-state index in [2.05, 4.69) is 36.5 Å². The van der Waals surface area contributed by atoms with Gasteiger partial charge in [-0.3, -0.25) is 4.79 Å². The summed E-state index contributed by atoms with van der Waals surface area (Å²) in [5, 5.41) is 6.01. The molecule has 3 aromatic rings. The molecule has 2 aromatic carbocycles. The molecule has 186 valence electrons. The minimum Gasteiger partial charge on any atom is -0.493 e. The zero-order valence-electron chi connectivity index (χ0n) is 20.2. The number of hydrogen-bond donors (Lipinski definition) is 2. The van der Waals surface area contributed by atoms with Crippen LogP contribution in [0.4, 0.5) is 11.6 Å². The average molecular weight is 546 g/mol. The topological polar surface area (TPSA) is 107 Å². The largest absolute Gasteiger partial charge is 0.493 e. The molecular formula is C24H28BrN5O5. The number of amides is 1. The highest BCUT2D eigenvalue weighted by Crippen LogP contribution is 2.40. The highest BCUT2D eigenvalue weighted by atomic mass is 79.9. The maximum atomic E-state index is 12.7. The van der Waals surface area contributed by atoms with Crippen molar-refractivity contribution in [1.82, 2.24) is 20.2 Å². The number of carbonyl (C=O) groups is 1. The molecule has 0 fully saturated rings. The zero-order chi connectivity index (χ0) is 25.4. The molecule has 0 unspecified atom stereocenters. The number of carbonyl (C=O) groups excluding carboxylic acids is 1. The fourth-order valence-electron chi connectivity index (χ4n) is 3.10. The number of para-hydroxylation sites is 1. The Bertz CT molecular complexity index is 1150. The molecule has 0 atom stereocenters. The van der Waals surface area contributed by atoms with E-state index in [1.165, 1.54) is 21.3 Å². The van der Waals surface area contributed by atoms with Crippen molar-refractivity contribution < 1.29 is 23.7 Å². The van der Waals surface area contributed by atoms with Crippen LogP contribution in [0.2, 0.25) is 0 Å². The summed E-state index contributed by atoms with van der Waals surface area (Å²) >= 11 is 3.42. The van der Waals surface area contributed by atoms with E-state index >= 15 is 0 Å². The van der Waals surface area contributed by atoms with E-state index in [9.17, 15) is 4.79 Å². The Morgan fingerprint density at radius 3 is 2.34 bits per heavy atom. The lowest BCUT2D eigenvalue weighted by molar-refractivity contribution is 0.0948. The lowest BCUT2D eigenvalue weighted by atomic mass is 10.2. The summed E-state index contributed by atoms with van der Waals surface area (Å²) in [4.78, 5) is 23.4. The van der Waals surface area contributed by atoms with Crippen molar-refractivity contribution in [2.24, 2.45) is 0 Å². The van der Waals surface area contributed by atoms with Crippen molar-refractivity contribution in [2.75, 3.05) is 53.8 Å². The molecule has 11 heteroatoms. The van der Waals surface area contributed by atoms with E-state index in [1.54, 1.807) is 42.6 Å². The maximum Gasteiger partial charge on any atom is 0.255 e. The number of aromatic nitrogens is 2. The average Bonchev–Trinajstić information content (AvgIpc) is 2.85. The first kappa shape index (κ1) is 26.0. The van der Waals surface area contributed by atoms with Gasteiger partial charge in [-0.05, 0) is 42.2 Å². The second-order valence-corrected chi connectivity index (χ2v) is 8.40. The second-order valence-electron chi connectivity index (χ2n) is 7.54. The first-order chi connectivity index (χ1) is 16.9. The molecule has 35 heavy (non-hydrogen) atoms. The van der Waals surface area contributed by atoms with Crippen LogP contribution in [0, 0.1) is 0 Å². The summed E-state index contributed by atoms with van der Waals surface area (Å²) < 4.78 is 22.7. The van der Waals surface area contributed by atoms with Gasteiger partial charge in [0.15, 0.2) is 11.5 Å². The molecule has 1 amide bonds. The van der Waals surface area contributed by atoms with E-state index in [0.29, 0.717) is 45.3 Å². The van der Waals surface area contributed by atoms with Crippen LogP contribution in [0.5, 0.6) is 28.9 Å². The molecule has 0 spiro atoms. The van der Waals surface area contributed by atoms with Crippen LogP contribution < -0.4 is 29.6 Å². The van der Waals surface area contributed by atoms with Gasteiger partial charge in [0.2, 0.25) is 17.6 Å². The SMILES string of the molecule is COc1cc(Nc2ncc(Br)c(Oc3ccccc3C(=O)NCCN(C)C)n2)cc(OC)c1OC. The Labute approximate surface area is 212 Å². The van der Waals surface area contributed by atoms with Crippen LogP contribution in [0.3, 0.4) is 0 Å². The summed E-state index contributed by atoms with van der Waals surface area (Å²) in [5.41, 5.74) is 1.02. The lowest BCUT2D eigenvalue weighted by Crippen LogP contribution is -2.31. The van der Waals surface area contributed by atoms with E-state index in [1.807, 2.05) is 19.0 Å². The molecule has 1 heterocycles. The third kappa shape index (κ3) is 6.74. The van der Waals surface area contributed by atoms with Gasteiger partial charge in [0, 0.05) is 30.9 Å². The number of anilines is 2. The summed E-state index contributed by atoms with van der Waals surface area (Å²) in [6.45, 7) is 1.24. The number of hydrogen-bond acceptors (Lipinski definition) is 9. The number of rotatable bonds is 11. The summed E-state index contributed by atoms with van der Waals surface area (Å²) in [6.07, 6.45) is 1.56. The molecule has 0 aliphatic rings. The minimum absolute atomic E-state index is 0.233. The van der Waals surface area contributed by atoms with Gasteiger partial charge in [-0.15, -0.1) is 0 Å². The Morgan fingerprint density at radius 2 is 1.71 bits per heavy atom. The fourth-order valence-corrected chi connectivity index (χ4v) is 3.37. The normalized spacial score (nSPS) is 10.6. The third-order valence-electron chi connectivity index (χ3n) is 4.82. The number of nitrogens with zero attached hydrogens (tertiary/aromatic N) is 3. The highest BCUT2D eigenvalue weighted by Gasteiger charge is 2.17. The van der Waals surface area contributed by atoms with Gasteiger partial charge < -0.3 is 34.5 Å². The Balaban J connectivity index is 1.84. The van der Waals surface area contributed by atoms with Crippen LogP contribution in [0.15, 0.2) is 47.1 Å². The second kappa shape index (κ2) is 12.2. The summed E-state index contributed by atoms with van der Waals surface area (Å²) in [6, 6.07) is 10.4. The molecule has 0 bridgehead atoms. The van der Waals surface area contributed by atoms with Crippen molar-refractivity contribution in [2.45, 2.75) is 0 Å². The van der Waals surface area contributed by atoms with E-state index in [4.69, 9.17) is 18.9 Å². The number of benzene rings is 2. The quantitative estimate of drug-likeness (QED) is 0.368. The number of ether oxygens (including phenoxy) is 4. The Morgan fingerprint density at radius 1 is 1.03 bits per heavy atom. The van der Waals surface area contributed by atoms with Gasteiger partial charge in [0.1, 0.15) is 5.75 Å². The smallest absolute Gasteiger partial charge is 0.255 e. The Kier molecular flexibility index (Phi) is 9.10. The van der Waals surface area contributed by atoms with Crippen LogP contribution >= 0.6 is 15.9 Å². The first-order valence-electron chi connectivity index (χ1n) is 10.7. The van der Waals surface area contributed by atoms with Crippen molar-refractivity contribution in [1.29, 1.82) is 0 Å². The van der Waals surface area contributed by atoms with E-state index in [-0.39, 0.29) is 17.7 Å². The number of nitrogens with one attached hydrogen (secondary N) is 2. The Hall–Kier alpha value is -3.57. The van der Waals surface area contributed by atoms with Crippen molar-refractivity contribution >= 4 is 33.5 Å². The van der Waals surface area contributed by atoms with Crippen LogP contribution in [-0.2, 0) is 0 Å². The van der Waals surface area contributed by atoms with Gasteiger partial charge in [-0.2, -0.15) is 4.98 Å². The van der Waals surface area contributed by atoms with Gasteiger partial charge in [0.25, 0.3) is 5.91 Å². The number of methoxy groups -OCH3 is 3.